The summed E-state index contributed by atoms with van der Waals surface area (Å²) in [4.78, 5) is 0. The highest BCUT2D eigenvalue weighted by Crippen LogP contribution is 2.21. The van der Waals surface area contributed by atoms with Crippen LogP contribution in [-0.4, -0.2) is 61.8 Å². The van der Waals surface area contributed by atoms with Crippen LogP contribution in [0.15, 0.2) is 0 Å². The molecular formula is C11H20BrNO4S. The van der Waals surface area contributed by atoms with Crippen LogP contribution in [0.4, 0.5) is 0 Å². The Labute approximate surface area is 117 Å². The topological polar surface area (TPSA) is 55.8 Å². The first-order valence-corrected chi connectivity index (χ1v) is 9.04. The minimum Gasteiger partial charge on any atom is -0.377 e. The molecule has 0 aromatic heterocycles. The van der Waals surface area contributed by atoms with Crippen LogP contribution in [0.25, 0.3) is 0 Å². The highest BCUT2D eigenvalue weighted by Gasteiger charge is 2.36. The second kappa shape index (κ2) is 6.17. The van der Waals surface area contributed by atoms with E-state index in [0.29, 0.717) is 25.1 Å². The van der Waals surface area contributed by atoms with E-state index in [0.717, 1.165) is 12.8 Å². The molecule has 3 unspecified atom stereocenters. The molecule has 0 aromatic carbocycles. The van der Waals surface area contributed by atoms with Crippen LogP contribution in [0.2, 0.25) is 0 Å². The summed E-state index contributed by atoms with van der Waals surface area (Å²) in [6.07, 6.45) is 1.62. The van der Waals surface area contributed by atoms with E-state index in [2.05, 4.69) is 15.9 Å². The number of hydrogen-bond acceptors (Lipinski definition) is 4. The van der Waals surface area contributed by atoms with Gasteiger partial charge in [-0.05, 0) is 19.8 Å². The Kier molecular flexibility index (Phi) is 5.05. The van der Waals surface area contributed by atoms with Crippen molar-refractivity contribution in [2.45, 2.75) is 38.0 Å². The van der Waals surface area contributed by atoms with E-state index in [1.165, 1.54) is 0 Å². The van der Waals surface area contributed by atoms with Crippen molar-refractivity contribution in [3.63, 3.8) is 0 Å². The molecule has 2 fully saturated rings. The first kappa shape index (κ1) is 14.7. The Balaban J connectivity index is 2.02. The molecule has 0 amide bonds. The molecule has 0 saturated carbocycles. The third kappa shape index (κ3) is 3.45. The van der Waals surface area contributed by atoms with Crippen LogP contribution in [0.1, 0.15) is 19.8 Å². The number of hydrogen-bond donors (Lipinski definition) is 0. The lowest BCUT2D eigenvalue weighted by Gasteiger charge is -2.36. The number of rotatable bonds is 4. The number of sulfonamides is 1. The fourth-order valence-corrected chi connectivity index (χ4v) is 4.70. The van der Waals surface area contributed by atoms with Crippen molar-refractivity contribution in [3.05, 3.63) is 0 Å². The largest absolute Gasteiger partial charge is 0.377 e. The molecule has 2 saturated heterocycles. The zero-order valence-corrected chi connectivity index (χ0v) is 13.0. The fourth-order valence-electron chi connectivity index (χ4n) is 2.38. The third-order valence-corrected chi connectivity index (χ3v) is 6.14. The summed E-state index contributed by atoms with van der Waals surface area (Å²) >= 11 is 3.34. The molecule has 106 valence electrons. The lowest BCUT2D eigenvalue weighted by Crippen LogP contribution is -2.52. The summed E-state index contributed by atoms with van der Waals surface area (Å²) in [7, 11) is -3.25. The van der Waals surface area contributed by atoms with Crippen LogP contribution >= 0.6 is 15.9 Å². The van der Waals surface area contributed by atoms with Crippen molar-refractivity contribution in [2.75, 3.05) is 30.8 Å². The Hall–Kier alpha value is 0.310. The molecule has 2 aliphatic heterocycles. The highest BCUT2D eigenvalue weighted by atomic mass is 79.9. The van der Waals surface area contributed by atoms with Crippen LogP contribution in [-0.2, 0) is 19.5 Å². The number of halogens is 1. The molecule has 0 N–H and O–H groups in total. The van der Waals surface area contributed by atoms with Crippen molar-refractivity contribution >= 4 is 26.0 Å². The average Bonchev–Trinajstić information content (AvgIpc) is 2.81. The maximum atomic E-state index is 12.4. The summed E-state index contributed by atoms with van der Waals surface area (Å²) in [5.41, 5.74) is 0. The lowest BCUT2D eigenvalue weighted by molar-refractivity contribution is -0.0143. The van der Waals surface area contributed by atoms with Gasteiger partial charge in [0.1, 0.15) is 0 Å². The summed E-state index contributed by atoms with van der Waals surface area (Å²) in [5.74, 6) is 0.104. The maximum absolute atomic E-state index is 12.4. The summed E-state index contributed by atoms with van der Waals surface area (Å²) < 4.78 is 37.3. The first-order chi connectivity index (χ1) is 8.53. The van der Waals surface area contributed by atoms with Crippen molar-refractivity contribution < 1.29 is 17.9 Å². The van der Waals surface area contributed by atoms with Gasteiger partial charge in [0, 0.05) is 24.5 Å². The van der Waals surface area contributed by atoms with Gasteiger partial charge < -0.3 is 9.47 Å². The SMILES string of the molecule is CC1COC(CBr)CN1S(=O)(=O)CC1CCCO1. The smallest absolute Gasteiger partial charge is 0.217 e. The second-order valence-electron chi connectivity index (χ2n) is 4.94. The summed E-state index contributed by atoms with van der Waals surface area (Å²) in [6.45, 7) is 3.46. The van der Waals surface area contributed by atoms with Crippen LogP contribution in [0.3, 0.4) is 0 Å². The zero-order valence-electron chi connectivity index (χ0n) is 10.5. The molecule has 0 aromatic rings. The minimum atomic E-state index is -3.25. The lowest BCUT2D eigenvalue weighted by atomic mass is 10.2. The van der Waals surface area contributed by atoms with Gasteiger partial charge in [-0.2, -0.15) is 4.31 Å². The number of alkyl halides is 1. The van der Waals surface area contributed by atoms with Gasteiger partial charge in [0.05, 0.1) is 24.6 Å². The standard InChI is InChI=1S/C11H20BrNO4S/c1-9-7-17-11(5-12)6-13(9)18(14,15)8-10-3-2-4-16-10/h9-11H,2-8H2,1H3. The number of morpholine rings is 1. The fraction of sp³-hybridized carbons (Fsp3) is 1.00. The van der Waals surface area contributed by atoms with Crippen LogP contribution < -0.4 is 0 Å². The molecule has 0 spiro atoms. The van der Waals surface area contributed by atoms with Crippen molar-refractivity contribution in [3.8, 4) is 0 Å². The third-order valence-electron chi connectivity index (χ3n) is 3.40. The van der Waals surface area contributed by atoms with E-state index < -0.39 is 10.0 Å². The first-order valence-electron chi connectivity index (χ1n) is 6.31. The van der Waals surface area contributed by atoms with Gasteiger partial charge in [-0.3, -0.25) is 0 Å². The quantitative estimate of drug-likeness (QED) is 0.715. The Morgan fingerprint density at radius 2 is 2.11 bits per heavy atom. The van der Waals surface area contributed by atoms with Crippen molar-refractivity contribution in [2.24, 2.45) is 0 Å². The van der Waals surface area contributed by atoms with Crippen LogP contribution in [0, 0.1) is 0 Å². The summed E-state index contributed by atoms with van der Waals surface area (Å²) in [5, 5.41) is 0.658. The molecule has 0 aliphatic carbocycles. The Morgan fingerprint density at radius 3 is 2.72 bits per heavy atom. The summed E-state index contributed by atoms with van der Waals surface area (Å²) in [6, 6.07) is -0.0910. The predicted octanol–water partition coefficient (Wildman–Crippen LogP) is 0.979. The second-order valence-corrected chi connectivity index (χ2v) is 7.56. The Bertz CT molecular complexity index is 369. The minimum absolute atomic E-state index is 0.0551. The van der Waals surface area contributed by atoms with E-state index in [1.807, 2.05) is 6.92 Å². The van der Waals surface area contributed by atoms with Crippen LogP contribution in [0.5, 0.6) is 0 Å². The highest BCUT2D eigenvalue weighted by molar-refractivity contribution is 9.09. The molecule has 7 heteroatoms. The zero-order chi connectivity index (χ0) is 13.2. The number of ether oxygens (including phenoxy) is 2. The molecule has 18 heavy (non-hydrogen) atoms. The monoisotopic (exact) mass is 341 g/mol. The molecule has 5 nitrogen and oxygen atoms in total. The van der Waals surface area contributed by atoms with Gasteiger partial charge in [0.2, 0.25) is 10.0 Å². The van der Waals surface area contributed by atoms with Gasteiger partial charge >= 0.3 is 0 Å². The number of nitrogens with zero attached hydrogens (tertiary/aromatic N) is 1. The van der Waals surface area contributed by atoms with Gasteiger partial charge in [0.25, 0.3) is 0 Å². The van der Waals surface area contributed by atoms with Gasteiger partial charge in [-0.25, -0.2) is 8.42 Å². The van der Waals surface area contributed by atoms with Crippen molar-refractivity contribution in [1.82, 2.24) is 4.31 Å². The van der Waals surface area contributed by atoms with E-state index in [9.17, 15) is 8.42 Å². The molecule has 2 rings (SSSR count). The van der Waals surface area contributed by atoms with E-state index >= 15 is 0 Å². The normalized spacial score (nSPS) is 34.9. The molecule has 2 heterocycles. The van der Waals surface area contributed by atoms with E-state index in [4.69, 9.17) is 9.47 Å². The van der Waals surface area contributed by atoms with E-state index in [1.54, 1.807) is 4.31 Å². The Morgan fingerprint density at radius 1 is 1.33 bits per heavy atom. The molecule has 0 bridgehead atoms. The average molecular weight is 342 g/mol. The predicted molar refractivity (Wildman–Crippen MR) is 72.5 cm³/mol. The van der Waals surface area contributed by atoms with Gasteiger partial charge in [0.15, 0.2) is 0 Å². The van der Waals surface area contributed by atoms with Gasteiger partial charge in [-0.15, -0.1) is 0 Å². The molecule has 3 atom stereocenters. The molecular weight excluding hydrogens is 322 g/mol. The van der Waals surface area contributed by atoms with Gasteiger partial charge in [-0.1, -0.05) is 15.9 Å². The van der Waals surface area contributed by atoms with Crippen molar-refractivity contribution in [1.29, 1.82) is 0 Å². The molecule has 2 aliphatic rings. The molecule has 0 radical (unpaired) electrons. The maximum Gasteiger partial charge on any atom is 0.217 e. The van der Waals surface area contributed by atoms with E-state index in [-0.39, 0.29) is 24.0 Å².